The molecule has 16 heavy (non-hydrogen) atoms. The molecule has 0 saturated heterocycles. The number of rotatable bonds is 2. The van der Waals surface area contributed by atoms with Crippen molar-refractivity contribution in [1.82, 2.24) is 4.98 Å². The molecule has 0 saturated carbocycles. The van der Waals surface area contributed by atoms with E-state index in [4.69, 9.17) is 14.5 Å². The van der Waals surface area contributed by atoms with Crippen molar-refractivity contribution in [3.05, 3.63) is 17.3 Å². The fourth-order valence-corrected chi connectivity index (χ4v) is 1.65. The average molecular weight is 223 g/mol. The Morgan fingerprint density at radius 1 is 1.69 bits per heavy atom. The molecule has 2 N–H and O–H groups in total. The third-order valence-electron chi connectivity index (χ3n) is 2.39. The molecule has 1 aliphatic heterocycles. The van der Waals surface area contributed by atoms with Gasteiger partial charge in [0.15, 0.2) is 5.56 Å². The molecule has 0 radical (unpaired) electrons. The van der Waals surface area contributed by atoms with Gasteiger partial charge < -0.3 is 19.5 Å². The van der Waals surface area contributed by atoms with Crippen molar-refractivity contribution in [1.29, 1.82) is 0 Å². The number of nitrogens with zero attached hydrogens (tertiary/aromatic N) is 1. The Morgan fingerprint density at radius 3 is 3.06 bits per heavy atom. The SMILES string of the molecule is COc1ncc2c(c1C(=O)O)OB(O)CC2. The standard InChI is InChI=1S/C9H10BNO5/c1-15-8-6(9(12)13)7-5(4-11-8)2-3-10(14)16-7/h4,14H,2-3H2,1H3,(H,12,13). The van der Waals surface area contributed by atoms with Crippen LogP contribution in [-0.4, -0.2) is 35.3 Å². The van der Waals surface area contributed by atoms with Gasteiger partial charge in [-0.2, -0.15) is 0 Å². The fraction of sp³-hybridized carbons (Fsp3) is 0.333. The highest BCUT2D eigenvalue weighted by Gasteiger charge is 2.30. The molecule has 0 bridgehead atoms. The lowest BCUT2D eigenvalue weighted by Gasteiger charge is -2.21. The number of carbonyl (C=O) groups is 1. The Kier molecular flexibility index (Phi) is 2.70. The van der Waals surface area contributed by atoms with Crippen molar-refractivity contribution in [2.24, 2.45) is 0 Å². The first-order chi connectivity index (χ1) is 7.63. The largest absolute Gasteiger partial charge is 0.535 e. The van der Waals surface area contributed by atoms with Gasteiger partial charge in [0.2, 0.25) is 5.88 Å². The summed E-state index contributed by atoms with van der Waals surface area (Å²) in [7, 11) is 0.359. The number of aromatic carboxylic acids is 1. The number of carboxylic acid groups (broad SMARTS) is 1. The molecule has 0 aliphatic carbocycles. The van der Waals surface area contributed by atoms with Gasteiger partial charge in [0.25, 0.3) is 0 Å². The molecule has 1 aromatic rings. The van der Waals surface area contributed by atoms with Crippen LogP contribution in [0.4, 0.5) is 0 Å². The van der Waals surface area contributed by atoms with E-state index in [-0.39, 0.29) is 17.2 Å². The van der Waals surface area contributed by atoms with Crippen LogP contribution in [0.15, 0.2) is 6.20 Å². The number of hydrogen-bond donors (Lipinski definition) is 2. The van der Waals surface area contributed by atoms with Gasteiger partial charge in [0.1, 0.15) is 5.75 Å². The maximum Gasteiger partial charge on any atom is 0.522 e. The number of hydrogen-bond acceptors (Lipinski definition) is 5. The van der Waals surface area contributed by atoms with Gasteiger partial charge in [-0.25, -0.2) is 9.78 Å². The molecule has 2 rings (SSSR count). The molecule has 0 amide bonds. The van der Waals surface area contributed by atoms with Crippen LogP contribution < -0.4 is 9.39 Å². The number of methoxy groups -OCH3 is 1. The van der Waals surface area contributed by atoms with E-state index in [2.05, 4.69) is 4.98 Å². The number of pyridine rings is 1. The number of carboxylic acids is 1. The minimum absolute atomic E-state index is 0.0136. The Labute approximate surface area is 92.0 Å². The Bertz CT molecular complexity index is 436. The molecule has 0 unspecified atom stereocenters. The molecule has 6 nitrogen and oxygen atoms in total. The summed E-state index contributed by atoms with van der Waals surface area (Å²) in [5.41, 5.74) is 0.530. The average Bonchev–Trinajstić information content (AvgIpc) is 2.26. The maximum absolute atomic E-state index is 11.1. The number of fused-ring (bicyclic) bond motifs is 1. The van der Waals surface area contributed by atoms with Crippen LogP contribution in [-0.2, 0) is 6.42 Å². The molecular formula is C9H10BNO5. The molecule has 2 heterocycles. The molecular weight excluding hydrogens is 213 g/mol. The zero-order chi connectivity index (χ0) is 11.7. The highest BCUT2D eigenvalue weighted by atomic mass is 16.5. The van der Waals surface area contributed by atoms with Crippen molar-refractivity contribution >= 4 is 13.1 Å². The second-order valence-electron chi connectivity index (χ2n) is 3.41. The first kappa shape index (κ1) is 10.8. The van der Waals surface area contributed by atoms with E-state index in [1.165, 1.54) is 13.3 Å². The summed E-state index contributed by atoms with van der Waals surface area (Å²) in [6.07, 6.45) is 2.47. The van der Waals surface area contributed by atoms with Gasteiger partial charge in [-0.05, 0) is 12.7 Å². The smallest absolute Gasteiger partial charge is 0.522 e. The van der Waals surface area contributed by atoms with Crippen LogP contribution in [0.1, 0.15) is 15.9 Å². The van der Waals surface area contributed by atoms with E-state index in [1.807, 2.05) is 0 Å². The van der Waals surface area contributed by atoms with Crippen LogP contribution in [0, 0.1) is 0 Å². The monoisotopic (exact) mass is 223 g/mol. The predicted octanol–water partition coefficient (Wildman–Crippen LogP) is 0.204. The lowest BCUT2D eigenvalue weighted by Crippen LogP contribution is -2.28. The molecule has 7 heteroatoms. The third kappa shape index (κ3) is 1.69. The fourth-order valence-electron chi connectivity index (χ4n) is 1.65. The molecule has 1 aromatic heterocycles. The number of ether oxygens (including phenoxy) is 1. The minimum atomic E-state index is -1.18. The zero-order valence-electron chi connectivity index (χ0n) is 8.64. The van der Waals surface area contributed by atoms with E-state index < -0.39 is 13.1 Å². The van der Waals surface area contributed by atoms with Crippen LogP contribution in [0.25, 0.3) is 0 Å². The Morgan fingerprint density at radius 2 is 2.44 bits per heavy atom. The van der Waals surface area contributed by atoms with Crippen molar-refractivity contribution in [3.63, 3.8) is 0 Å². The lowest BCUT2D eigenvalue weighted by molar-refractivity contribution is 0.0689. The summed E-state index contributed by atoms with van der Waals surface area (Å²) < 4.78 is 9.98. The first-order valence-electron chi connectivity index (χ1n) is 4.77. The summed E-state index contributed by atoms with van der Waals surface area (Å²) in [5, 5.41) is 18.4. The van der Waals surface area contributed by atoms with Gasteiger partial charge >= 0.3 is 13.1 Å². The van der Waals surface area contributed by atoms with Crippen LogP contribution in [0.2, 0.25) is 6.32 Å². The van der Waals surface area contributed by atoms with Gasteiger partial charge in [-0.3, -0.25) is 0 Å². The highest BCUT2D eigenvalue weighted by molar-refractivity contribution is 6.44. The molecule has 0 atom stereocenters. The highest BCUT2D eigenvalue weighted by Crippen LogP contribution is 2.34. The van der Waals surface area contributed by atoms with E-state index in [9.17, 15) is 9.82 Å². The van der Waals surface area contributed by atoms with Crippen LogP contribution in [0.5, 0.6) is 11.6 Å². The quantitative estimate of drug-likeness (QED) is 0.696. The van der Waals surface area contributed by atoms with Gasteiger partial charge in [-0.1, -0.05) is 0 Å². The van der Waals surface area contributed by atoms with Gasteiger partial charge in [0, 0.05) is 11.8 Å². The maximum atomic E-state index is 11.1. The van der Waals surface area contributed by atoms with E-state index in [1.54, 1.807) is 0 Å². The second-order valence-corrected chi connectivity index (χ2v) is 3.41. The summed E-state index contributed by atoms with van der Waals surface area (Å²) in [6, 6.07) is 0. The van der Waals surface area contributed by atoms with Gasteiger partial charge in [0.05, 0.1) is 7.11 Å². The van der Waals surface area contributed by atoms with E-state index in [0.29, 0.717) is 18.3 Å². The molecule has 0 aromatic carbocycles. The molecule has 0 spiro atoms. The summed E-state index contributed by atoms with van der Waals surface area (Å²) in [5.74, 6) is -1.05. The first-order valence-corrected chi connectivity index (χ1v) is 4.77. The van der Waals surface area contributed by atoms with Crippen molar-refractivity contribution in [2.45, 2.75) is 12.7 Å². The minimum Gasteiger partial charge on any atom is -0.535 e. The van der Waals surface area contributed by atoms with Gasteiger partial charge in [-0.15, -0.1) is 0 Å². The normalized spacial score (nSPS) is 14.0. The summed E-state index contributed by atoms with van der Waals surface area (Å²) in [6.45, 7) is 0. The van der Waals surface area contributed by atoms with Crippen molar-refractivity contribution in [3.8, 4) is 11.6 Å². The Balaban J connectivity index is 2.57. The lowest BCUT2D eigenvalue weighted by atomic mass is 9.79. The number of aryl methyl sites for hydroxylation is 1. The predicted molar refractivity (Wildman–Crippen MR) is 54.9 cm³/mol. The third-order valence-corrected chi connectivity index (χ3v) is 2.39. The zero-order valence-corrected chi connectivity index (χ0v) is 8.64. The second kappa shape index (κ2) is 4.01. The van der Waals surface area contributed by atoms with E-state index >= 15 is 0 Å². The van der Waals surface area contributed by atoms with Crippen molar-refractivity contribution < 1.29 is 24.3 Å². The molecule has 84 valence electrons. The molecule has 1 aliphatic rings. The van der Waals surface area contributed by atoms with Crippen LogP contribution >= 0.6 is 0 Å². The van der Waals surface area contributed by atoms with E-state index in [0.717, 1.165) is 0 Å². The summed E-state index contributed by atoms with van der Waals surface area (Å²) in [4.78, 5) is 15.0. The van der Waals surface area contributed by atoms with Crippen LogP contribution in [0.3, 0.4) is 0 Å². The summed E-state index contributed by atoms with van der Waals surface area (Å²) >= 11 is 0. The topological polar surface area (TPSA) is 88.9 Å². The number of aromatic nitrogens is 1. The molecule has 0 fully saturated rings. The van der Waals surface area contributed by atoms with Crippen molar-refractivity contribution in [2.75, 3.05) is 7.11 Å². The Hall–Kier alpha value is -1.76.